The zero-order chi connectivity index (χ0) is 19.2. The lowest BCUT2D eigenvalue weighted by molar-refractivity contribution is -0.123. The van der Waals surface area contributed by atoms with Crippen molar-refractivity contribution in [2.75, 3.05) is 6.54 Å². The van der Waals surface area contributed by atoms with E-state index >= 15 is 0 Å². The molecule has 0 spiro atoms. The van der Waals surface area contributed by atoms with Crippen LogP contribution >= 0.6 is 0 Å². The van der Waals surface area contributed by atoms with Gasteiger partial charge >= 0.3 is 0 Å². The number of H-pyrrole nitrogens is 1. The zero-order valence-corrected chi connectivity index (χ0v) is 15.5. The Bertz CT molecular complexity index is 866. The van der Waals surface area contributed by atoms with Gasteiger partial charge in [-0.2, -0.15) is 0 Å². The molecule has 0 aliphatic heterocycles. The van der Waals surface area contributed by atoms with E-state index in [1.807, 2.05) is 38.1 Å². The maximum atomic E-state index is 12.5. The van der Waals surface area contributed by atoms with E-state index in [4.69, 9.17) is 4.42 Å². The first kappa shape index (κ1) is 18.7. The molecule has 1 atom stereocenters. The van der Waals surface area contributed by atoms with Gasteiger partial charge in [-0.25, -0.2) is 4.98 Å². The molecule has 1 aromatic carbocycles. The maximum absolute atomic E-state index is 12.5. The number of rotatable bonds is 8. The maximum Gasteiger partial charge on any atom is 0.287 e. The van der Waals surface area contributed by atoms with Crippen LogP contribution in [0, 0.1) is 5.92 Å². The third-order valence-electron chi connectivity index (χ3n) is 4.31. The molecule has 0 bridgehead atoms. The molecule has 27 heavy (non-hydrogen) atoms. The molecule has 7 nitrogen and oxygen atoms in total. The highest BCUT2D eigenvalue weighted by Crippen LogP contribution is 2.11. The molecule has 0 fully saturated rings. The fourth-order valence-corrected chi connectivity index (χ4v) is 2.86. The summed E-state index contributed by atoms with van der Waals surface area (Å²) in [7, 11) is 0. The summed E-state index contributed by atoms with van der Waals surface area (Å²) in [5.74, 6) is 0.459. The van der Waals surface area contributed by atoms with Crippen LogP contribution in [0.1, 0.15) is 36.6 Å². The summed E-state index contributed by atoms with van der Waals surface area (Å²) in [5.41, 5.74) is 1.95. The molecule has 0 saturated heterocycles. The first-order chi connectivity index (χ1) is 13.0. The average Bonchev–Trinajstić information content (AvgIpc) is 3.31. The SMILES string of the molecule is CC(C)C(NC(=O)c1ccco1)C(=O)NCCCc1nc2ccccc2[nH]1. The molecule has 2 heterocycles. The predicted molar refractivity (Wildman–Crippen MR) is 102 cm³/mol. The summed E-state index contributed by atoms with van der Waals surface area (Å²) in [6, 6.07) is 10.5. The van der Waals surface area contributed by atoms with Crippen molar-refractivity contribution in [3.63, 3.8) is 0 Å². The van der Waals surface area contributed by atoms with Crippen LogP contribution in [0.25, 0.3) is 11.0 Å². The fourth-order valence-electron chi connectivity index (χ4n) is 2.86. The summed E-state index contributed by atoms with van der Waals surface area (Å²) in [5, 5.41) is 5.62. The molecular formula is C20H24N4O3. The number of carbonyl (C=O) groups is 2. The minimum absolute atomic E-state index is 0.0423. The van der Waals surface area contributed by atoms with Gasteiger partial charge in [-0.15, -0.1) is 0 Å². The van der Waals surface area contributed by atoms with Crippen molar-refractivity contribution < 1.29 is 14.0 Å². The number of nitrogens with zero attached hydrogens (tertiary/aromatic N) is 1. The second-order valence-corrected chi connectivity index (χ2v) is 6.77. The van der Waals surface area contributed by atoms with E-state index in [0.29, 0.717) is 6.54 Å². The van der Waals surface area contributed by atoms with Crippen molar-refractivity contribution in [3.05, 3.63) is 54.2 Å². The van der Waals surface area contributed by atoms with Gasteiger partial charge in [0.05, 0.1) is 17.3 Å². The number of hydrogen-bond donors (Lipinski definition) is 3. The smallest absolute Gasteiger partial charge is 0.287 e. The van der Waals surface area contributed by atoms with Gasteiger partial charge < -0.3 is 20.0 Å². The van der Waals surface area contributed by atoms with Gasteiger partial charge in [-0.1, -0.05) is 26.0 Å². The van der Waals surface area contributed by atoms with E-state index in [9.17, 15) is 9.59 Å². The Morgan fingerprint density at radius 2 is 2.00 bits per heavy atom. The number of carbonyl (C=O) groups excluding carboxylic acids is 2. The Morgan fingerprint density at radius 3 is 2.70 bits per heavy atom. The van der Waals surface area contributed by atoms with Crippen LogP contribution in [-0.4, -0.2) is 34.4 Å². The normalized spacial score (nSPS) is 12.3. The number of fused-ring (bicyclic) bond motifs is 1. The van der Waals surface area contributed by atoms with Crippen LogP contribution in [0.5, 0.6) is 0 Å². The number of aromatic amines is 1. The van der Waals surface area contributed by atoms with Gasteiger partial charge in [0.15, 0.2) is 5.76 Å². The van der Waals surface area contributed by atoms with E-state index in [2.05, 4.69) is 20.6 Å². The molecule has 7 heteroatoms. The lowest BCUT2D eigenvalue weighted by atomic mass is 10.0. The Kier molecular flexibility index (Phi) is 5.90. The molecular weight excluding hydrogens is 344 g/mol. The van der Waals surface area contributed by atoms with Crippen LogP contribution < -0.4 is 10.6 Å². The molecule has 0 saturated carbocycles. The van der Waals surface area contributed by atoms with E-state index in [0.717, 1.165) is 29.7 Å². The Morgan fingerprint density at radius 1 is 1.19 bits per heavy atom. The highest BCUT2D eigenvalue weighted by atomic mass is 16.3. The van der Waals surface area contributed by atoms with E-state index in [1.54, 1.807) is 12.1 Å². The standard InChI is InChI=1S/C20H24N4O3/c1-13(2)18(24-19(25)16-9-6-12-27-16)20(26)21-11-5-10-17-22-14-7-3-4-8-15(14)23-17/h3-4,6-9,12-13,18H,5,10-11H2,1-2H3,(H,21,26)(H,22,23)(H,24,25). The number of nitrogens with one attached hydrogen (secondary N) is 3. The van der Waals surface area contributed by atoms with Crippen LogP contribution in [0.4, 0.5) is 0 Å². The van der Waals surface area contributed by atoms with Crippen molar-refractivity contribution in [2.45, 2.75) is 32.7 Å². The quantitative estimate of drug-likeness (QED) is 0.532. The van der Waals surface area contributed by atoms with Gasteiger partial charge in [-0.05, 0) is 36.6 Å². The minimum atomic E-state index is -0.617. The summed E-state index contributed by atoms with van der Waals surface area (Å²) >= 11 is 0. The predicted octanol–water partition coefficient (Wildman–Crippen LogP) is 2.66. The minimum Gasteiger partial charge on any atom is -0.459 e. The summed E-state index contributed by atoms with van der Waals surface area (Å²) in [4.78, 5) is 32.4. The second-order valence-electron chi connectivity index (χ2n) is 6.77. The molecule has 0 aliphatic carbocycles. The van der Waals surface area contributed by atoms with Crippen molar-refractivity contribution in [1.29, 1.82) is 0 Å². The van der Waals surface area contributed by atoms with E-state index in [-0.39, 0.29) is 17.6 Å². The largest absolute Gasteiger partial charge is 0.459 e. The van der Waals surface area contributed by atoms with Gasteiger partial charge in [0.2, 0.25) is 5.91 Å². The topological polar surface area (TPSA) is 100 Å². The van der Waals surface area contributed by atoms with Gasteiger partial charge in [0.1, 0.15) is 11.9 Å². The fraction of sp³-hybridized carbons (Fsp3) is 0.350. The lowest BCUT2D eigenvalue weighted by Crippen LogP contribution is -2.49. The van der Waals surface area contributed by atoms with Crippen LogP contribution in [0.2, 0.25) is 0 Å². The lowest BCUT2D eigenvalue weighted by Gasteiger charge is -2.21. The molecule has 3 rings (SSSR count). The van der Waals surface area contributed by atoms with Crippen molar-refractivity contribution >= 4 is 22.8 Å². The number of imidazole rings is 1. The monoisotopic (exact) mass is 368 g/mol. The van der Waals surface area contributed by atoms with Crippen molar-refractivity contribution in [2.24, 2.45) is 5.92 Å². The molecule has 0 aliphatic rings. The molecule has 1 unspecified atom stereocenters. The van der Waals surface area contributed by atoms with Gasteiger partial charge in [0.25, 0.3) is 5.91 Å². The number of amides is 2. The molecule has 3 aromatic rings. The second kappa shape index (κ2) is 8.53. The number of furan rings is 1. The van der Waals surface area contributed by atoms with E-state index in [1.165, 1.54) is 6.26 Å². The van der Waals surface area contributed by atoms with Gasteiger partial charge in [-0.3, -0.25) is 9.59 Å². The number of hydrogen-bond acceptors (Lipinski definition) is 4. The number of para-hydroxylation sites is 2. The van der Waals surface area contributed by atoms with Crippen LogP contribution in [0.3, 0.4) is 0 Å². The number of aryl methyl sites for hydroxylation is 1. The summed E-state index contributed by atoms with van der Waals surface area (Å²) in [6.45, 7) is 4.29. The first-order valence-electron chi connectivity index (χ1n) is 9.10. The van der Waals surface area contributed by atoms with Crippen molar-refractivity contribution in [1.82, 2.24) is 20.6 Å². The highest BCUT2D eigenvalue weighted by Gasteiger charge is 2.25. The van der Waals surface area contributed by atoms with Gasteiger partial charge in [0, 0.05) is 13.0 Å². The Labute approximate surface area is 157 Å². The van der Waals surface area contributed by atoms with Crippen LogP contribution in [0.15, 0.2) is 47.1 Å². The third-order valence-corrected chi connectivity index (χ3v) is 4.31. The molecule has 2 aromatic heterocycles. The number of aromatic nitrogens is 2. The average molecular weight is 368 g/mol. The Balaban J connectivity index is 1.48. The van der Waals surface area contributed by atoms with Crippen LogP contribution in [-0.2, 0) is 11.2 Å². The number of benzene rings is 1. The summed E-state index contributed by atoms with van der Waals surface area (Å²) in [6.07, 6.45) is 2.92. The van der Waals surface area contributed by atoms with Crippen molar-refractivity contribution in [3.8, 4) is 0 Å². The van der Waals surface area contributed by atoms with E-state index < -0.39 is 11.9 Å². The highest BCUT2D eigenvalue weighted by molar-refractivity contribution is 5.95. The first-order valence-corrected chi connectivity index (χ1v) is 9.10. The molecule has 2 amide bonds. The Hall–Kier alpha value is -3.09. The summed E-state index contributed by atoms with van der Waals surface area (Å²) < 4.78 is 5.07. The molecule has 142 valence electrons. The molecule has 0 radical (unpaired) electrons. The third kappa shape index (κ3) is 4.75. The zero-order valence-electron chi connectivity index (χ0n) is 15.5. The molecule has 3 N–H and O–H groups in total.